The summed E-state index contributed by atoms with van der Waals surface area (Å²) < 4.78 is 1.98. The molecule has 0 N–H and O–H groups in total. The maximum Gasteiger partial charge on any atom is 0.173 e. The van der Waals surface area contributed by atoms with Crippen LogP contribution in [0, 0.1) is 0 Å². The van der Waals surface area contributed by atoms with Crippen LogP contribution in [0.15, 0.2) is 24.3 Å². The largest absolute Gasteiger partial charge is 0.290 e. The molecule has 1 aliphatic heterocycles. The predicted molar refractivity (Wildman–Crippen MR) is 96.0 cm³/mol. The molecule has 1 saturated heterocycles. The average molecular weight is 327 g/mol. The lowest BCUT2D eigenvalue weighted by Gasteiger charge is -2.30. The van der Waals surface area contributed by atoms with E-state index in [4.69, 9.17) is 0 Å². The lowest BCUT2D eigenvalue weighted by molar-refractivity contribution is 0.242. The van der Waals surface area contributed by atoms with Crippen LogP contribution in [-0.2, 0) is 5.54 Å². The Bertz CT molecular complexity index is 660. The van der Waals surface area contributed by atoms with E-state index < -0.39 is 0 Å². The Morgan fingerprint density at radius 3 is 2.08 bits per heavy atom. The number of aromatic nitrogens is 4. The summed E-state index contributed by atoms with van der Waals surface area (Å²) in [5.74, 6) is 1.49. The molecule has 3 rings (SSSR count). The molecule has 0 aliphatic carbocycles. The number of benzene rings is 1. The third kappa shape index (κ3) is 3.36. The lowest BCUT2D eigenvalue weighted by Crippen LogP contribution is -2.33. The minimum absolute atomic E-state index is 0.128. The summed E-state index contributed by atoms with van der Waals surface area (Å²) in [5, 5.41) is 12.7. The van der Waals surface area contributed by atoms with Crippen molar-refractivity contribution in [1.82, 2.24) is 25.1 Å². The summed E-state index contributed by atoms with van der Waals surface area (Å²) in [6, 6.07) is 9.12. The molecule has 1 aliphatic rings. The highest BCUT2D eigenvalue weighted by molar-refractivity contribution is 5.30. The Hall–Kier alpha value is -1.75. The highest BCUT2D eigenvalue weighted by atomic mass is 15.6. The molecule has 0 bridgehead atoms. The molecule has 5 nitrogen and oxygen atoms in total. The van der Waals surface area contributed by atoms with Crippen molar-refractivity contribution in [1.29, 1.82) is 0 Å². The summed E-state index contributed by atoms with van der Waals surface area (Å²) in [6.07, 6.45) is 2.50. The number of tetrazole rings is 1. The number of likely N-dealkylation sites (tertiary alicyclic amines) is 1. The highest BCUT2D eigenvalue weighted by Gasteiger charge is 2.32. The minimum atomic E-state index is -0.130. The van der Waals surface area contributed by atoms with Gasteiger partial charge in [-0.15, -0.1) is 5.10 Å². The van der Waals surface area contributed by atoms with Gasteiger partial charge in [0.2, 0.25) is 0 Å². The SMILES string of the molecule is CC(C)c1ccc([C@@H](c2nnnn2C(C)(C)C)N2CCCC2)cc1. The molecule has 2 heterocycles. The molecule has 5 heteroatoms. The molecule has 0 spiro atoms. The van der Waals surface area contributed by atoms with Gasteiger partial charge in [-0.1, -0.05) is 38.1 Å². The summed E-state index contributed by atoms with van der Waals surface area (Å²) in [5.41, 5.74) is 2.52. The van der Waals surface area contributed by atoms with Crippen LogP contribution >= 0.6 is 0 Å². The average Bonchev–Trinajstić information content (AvgIpc) is 3.19. The summed E-state index contributed by atoms with van der Waals surface area (Å²) >= 11 is 0. The molecule has 2 aromatic rings. The molecule has 1 aromatic heterocycles. The maximum atomic E-state index is 4.42. The zero-order chi connectivity index (χ0) is 17.3. The Labute approximate surface area is 145 Å². The number of hydrogen-bond donors (Lipinski definition) is 0. The first kappa shape index (κ1) is 17.1. The van der Waals surface area contributed by atoms with Crippen LogP contribution in [0.4, 0.5) is 0 Å². The second-order valence-corrected chi connectivity index (χ2v) is 8.09. The predicted octanol–water partition coefficient (Wildman–Crippen LogP) is 3.74. The summed E-state index contributed by atoms with van der Waals surface area (Å²) in [7, 11) is 0. The van der Waals surface area contributed by atoms with Gasteiger partial charge in [0, 0.05) is 0 Å². The minimum Gasteiger partial charge on any atom is -0.290 e. The lowest BCUT2D eigenvalue weighted by atomic mass is 9.97. The van der Waals surface area contributed by atoms with Crippen LogP contribution in [0.25, 0.3) is 0 Å². The van der Waals surface area contributed by atoms with Crippen LogP contribution < -0.4 is 0 Å². The van der Waals surface area contributed by atoms with E-state index in [-0.39, 0.29) is 11.6 Å². The zero-order valence-electron chi connectivity index (χ0n) is 15.5. The standard InChI is InChI=1S/C19H29N5/c1-14(2)15-8-10-16(11-9-15)17(23-12-6-7-13-23)18-20-21-22-24(18)19(3,4)5/h8-11,14,17H,6-7,12-13H2,1-5H3/t17-/m0/s1. The molecule has 1 fully saturated rings. The van der Waals surface area contributed by atoms with E-state index in [1.165, 1.54) is 24.0 Å². The van der Waals surface area contributed by atoms with E-state index >= 15 is 0 Å². The molecule has 1 aromatic carbocycles. The second-order valence-electron chi connectivity index (χ2n) is 8.09. The van der Waals surface area contributed by atoms with Crippen molar-refractivity contribution in [3.05, 3.63) is 41.2 Å². The van der Waals surface area contributed by atoms with Crippen molar-refractivity contribution in [2.75, 3.05) is 13.1 Å². The van der Waals surface area contributed by atoms with Gasteiger partial charge in [-0.3, -0.25) is 4.90 Å². The number of rotatable bonds is 4. The van der Waals surface area contributed by atoms with E-state index in [1.54, 1.807) is 0 Å². The third-order valence-electron chi connectivity index (χ3n) is 4.80. The van der Waals surface area contributed by atoms with Gasteiger partial charge in [0.15, 0.2) is 5.82 Å². The monoisotopic (exact) mass is 327 g/mol. The van der Waals surface area contributed by atoms with Crippen molar-refractivity contribution in [2.45, 2.75) is 65.0 Å². The van der Waals surface area contributed by atoms with Crippen molar-refractivity contribution in [3.8, 4) is 0 Å². The van der Waals surface area contributed by atoms with E-state index in [0.717, 1.165) is 18.9 Å². The topological polar surface area (TPSA) is 46.8 Å². The molecule has 0 amide bonds. The zero-order valence-corrected chi connectivity index (χ0v) is 15.5. The Morgan fingerprint density at radius 1 is 0.958 bits per heavy atom. The first-order valence-electron chi connectivity index (χ1n) is 9.00. The molecule has 130 valence electrons. The summed E-state index contributed by atoms with van der Waals surface area (Å²) in [4.78, 5) is 2.51. The first-order valence-corrected chi connectivity index (χ1v) is 9.00. The molecular formula is C19H29N5. The van der Waals surface area contributed by atoms with Crippen LogP contribution in [0.2, 0.25) is 0 Å². The normalized spacial score (nSPS) is 17.6. The van der Waals surface area contributed by atoms with Gasteiger partial charge in [-0.25, -0.2) is 4.68 Å². The smallest absolute Gasteiger partial charge is 0.173 e. The Balaban J connectivity index is 2.03. The molecule has 24 heavy (non-hydrogen) atoms. The van der Waals surface area contributed by atoms with Gasteiger partial charge < -0.3 is 0 Å². The van der Waals surface area contributed by atoms with Crippen LogP contribution in [0.5, 0.6) is 0 Å². The van der Waals surface area contributed by atoms with Gasteiger partial charge >= 0.3 is 0 Å². The van der Waals surface area contributed by atoms with Gasteiger partial charge in [0.25, 0.3) is 0 Å². The van der Waals surface area contributed by atoms with Crippen LogP contribution in [0.1, 0.15) is 76.4 Å². The first-order chi connectivity index (χ1) is 11.4. The Kier molecular flexibility index (Phi) is 4.72. The van der Waals surface area contributed by atoms with E-state index in [9.17, 15) is 0 Å². The fourth-order valence-electron chi connectivity index (χ4n) is 3.43. The number of hydrogen-bond acceptors (Lipinski definition) is 4. The molecule has 0 radical (unpaired) electrons. The van der Waals surface area contributed by atoms with Crippen LogP contribution in [0.3, 0.4) is 0 Å². The maximum absolute atomic E-state index is 4.42. The second kappa shape index (κ2) is 6.63. The molecular weight excluding hydrogens is 298 g/mol. The van der Waals surface area contributed by atoms with Crippen molar-refractivity contribution in [2.24, 2.45) is 0 Å². The third-order valence-corrected chi connectivity index (χ3v) is 4.80. The fourth-order valence-corrected chi connectivity index (χ4v) is 3.43. The van der Waals surface area contributed by atoms with Crippen LogP contribution in [-0.4, -0.2) is 38.2 Å². The van der Waals surface area contributed by atoms with Gasteiger partial charge in [-0.2, -0.15) is 0 Å². The van der Waals surface area contributed by atoms with Gasteiger partial charge in [0.05, 0.1) is 11.6 Å². The van der Waals surface area contributed by atoms with E-state index in [2.05, 4.69) is 79.3 Å². The van der Waals surface area contributed by atoms with Gasteiger partial charge in [-0.05, 0) is 74.2 Å². The number of nitrogens with zero attached hydrogens (tertiary/aromatic N) is 5. The van der Waals surface area contributed by atoms with Crippen molar-refractivity contribution < 1.29 is 0 Å². The quantitative estimate of drug-likeness (QED) is 0.858. The Morgan fingerprint density at radius 2 is 1.54 bits per heavy atom. The van der Waals surface area contributed by atoms with E-state index in [1.807, 2.05) is 4.68 Å². The van der Waals surface area contributed by atoms with E-state index in [0.29, 0.717) is 5.92 Å². The summed E-state index contributed by atoms with van der Waals surface area (Å²) in [6.45, 7) is 13.1. The van der Waals surface area contributed by atoms with Crippen molar-refractivity contribution >= 4 is 0 Å². The highest BCUT2D eigenvalue weighted by Crippen LogP contribution is 2.32. The molecule has 1 atom stereocenters. The fraction of sp³-hybridized carbons (Fsp3) is 0.632. The molecule has 0 saturated carbocycles. The molecule has 0 unspecified atom stereocenters. The van der Waals surface area contributed by atoms with Gasteiger partial charge in [0.1, 0.15) is 0 Å². The van der Waals surface area contributed by atoms with Crippen molar-refractivity contribution in [3.63, 3.8) is 0 Å².